The average Bonchev–Trinajstić information content (AvgIpc) is 2.04. The Hall–Kier alpha value is 0.160. The molecule has 0 heterocycles. The third-order valence-corrected chi connectivity index (χ3v) is 9.02. The highest BCUT2D eigenvalue weighted by atomic mass is 35.7. The molecule has 0 saturated carbocycles. The van der Waals surface area contributed by atoms with Crippen LogP contribution in [0.1, 0.15) is 20.8 Å². The molecule has 72 valence electrons. The number of halogens is 1. The summed E-state index contributed by atoms with van der Waals surface area (Å²) in [6.07, 6.45) is 0. The molecule has 0 aliphatic carbocycles. The van der Waals surface area contributed by atoms with Gasteiger partial charge in [-0.2, -0.15) is 0 Å². The summed E-state index contributed by atoms with van der Waals surface area (Å²) in [5.41, 5.74) is 0. The second-order valence-corrected chi connectivity index (χ2v) is 10.7. The van der Waals surface area contributed by atoms with E-state index >= 15 is 0 Å². The zero-order valence-electron chi connectivity index (χ0n) is 8.12. The normalized spacial score (nSPS) is 16.6. The zero-order valence-corrected chi connectivity index (χ0v) is 10.6. The van der Waals surface area contributed by atoms with Crippen molar-refractivity contribution in [3.8, 4) is 0 Å². The molecule has 1 rings (SSSR count). The molecule has 0 fully saturated rings. The van der Waals surface area contributed by atoms with Gasteiger partial charge in [0.2, 0.25) is 0 Å². The number of benzene rings is 1. The van der Waals surface area contributed by atoms with E-state index in [2.05, 4.69) is 20.8 Å². The maximum absolute atomic E-state index is 6.46. The minimum Gasteiger partial charge on any atom is -0.0800 e. The van der Waals surface area contributed by atoms with Crippen molar-refractivity contribution in [1.29, 1.82) is 0 Å². The van der Waals surface area contributed by atoms with Crippen LogP contribution >= 0.6 is 16.6 Å². The van der Waals surface area contributed by atoms with Crippen molar-refractivity contribution >= 4 is 33.7 Å². The molecule has 0 aliphatic heterocycles. The van der Waals surface area contributed by atoms with Crippen LogP contribution in [-0.2, 0) is 11.8 Å². The Morgan fingerprint density at radius 3 is 2.00 bits per heavy atom. The summed E-state index contributed by atoms with van der Waals surface area (Å²) in [6, 6.07) is 10.0. The second kappa shape index (κ2) is 3.73. The highest BCUT2D eigenvalue weighted by Gasteiger charge is 2.31. The third kappa shape index (κ3) is 2.34. The molecule has 1 atom stereocenters. The fourth-order valence-corrected chi connectivity index (χ4v) is 3.04. The van der Waals surface area contributed by atoms with Gasteiger partial charge in [0.15, 0.2) is 0 Å². The van der Waals surface area contributed by atoms with Gasteiger partial charge in [0.25, 0.3) is 0 Å². The van der Waals surface area contributed by atoms with Gasteiger partial charge in [-0.25, -0.2) is 0 Å². The first-order valence-electron chi connectivity index (χ1n) is 4.21. The van der Waals surface area contributed by atoms with Crippen LogP contribution in [0.4, 0.5) is 0 Å². The molecule has 1 aromatic carbocycles. The molecule has 0 bridgehead atoms. The molecule has 13 heavy (non-hydrogen) atoms. The molecule has 0 amide bonds. The molecule has 0 spiro atoms. The van der Waals surface area contributed by atoms with E-state index < -0.39 is 5.39 Å². The van der Waals surface area contributed by atoms with Gasteiger partial charge in [0, 0.05) is 5.16 Å². The SMILES string of the molecule is CC(C)(C)[P@](=S)(Cl)c1ccccc1. The van der Waals surface area contributed by atoms with Gasteiger partial charge in [0.1, 0.15) is 0 Å². The summed E-state index contributed by atoms with van der Waals surface area (Å²) in [6.45, 7) is 6.31. The lowest BCUT2D eigenvalue weighted by Crippen LogP contribution is -2.19. The highest BCUT2D eigenvalue weighted by molar-refractivity contribution is 8.31. The standard InChI is InChI=1S/C10H14ClPS/c1-10(2,3)12(11,13)9-7-5-4-6-8-9/h4-8H,1-3H3/t12-/m0/s1. The Morgan fingerprint density at radius 1 is 1.15 bits per heavy atom. The van der Waals surface area contributed by atoms with E-state index in [1.54, 1.807) is 0 Å². The molecule has 0 N–H and O–H groups in total. The average molecular weight is 233 g/mol. The van der Waals surface area contributed by atoms with E-state index in [1.807, 2.05) is 30.3 Å². The first-order valence-corrected chi connectivity index (χ1v) is 7.92. The fourth-order valence-electron chi connectivity index (χ4n) is 1.01. The van der Waals surface area contributed by atoms with Crippen LogP contribution < -0.4 is 5.30 Å². The van der Waals surface area contributed by atoms with Crippen molar-refractivity contribution < 1.29 is 0 Å². The largest absolute Gasteiger partial charge is 0.0800 e. The van der Waals surface area contributed by atoms with Crippen LogP contribution in [0.25, 0.3) is 0 Å². The molecular formula is C10H14ClPS. The van der Waals surface area contributed by atoms with Crippen molar-refractivity contribution in [3.63, 3.8) is 0 Å². The summed E-state index contributed by atoms with van der Waals surface area (Å²) in [5.74, 6) is 0. The van der Waals surface area contributed by atoms with Gasteiger partial charge in [-0.1, -0.05) is 74.2 Å². The first kappa shape index (κ1) is 11.2. The van der Waals surface area contributed by atoms with Gasteiger partial charge in [-0.05, 0) is 5.30 Å². The van der Waals surface area contributed by atoms with Crippen LogP contribution in [0.2, 0.25) is 0 Å². The highest BCUT2D eigenvalue weighted by Crippen LogP contribution is 2.61. The van der Waals surface area contributed by atoms with Gasteiger partial charge in [-0.15, -0.1) is 0 Å². The van der Waals surface area contributed by atoms with Crippen LogP contribution in [-0.4, -0.2) is 5.16 Å². The summed E-state index contributed by atoms with van der Waals surface area (Å²) < 4.78 is 0. The quantitative estimate of drug-likeness (QED) is 0.665. The smallest absolute Gasteiger partial charge is 0.0708 e. The minimum atomic E-state index is -1.92. The summed E-state index contributed by atoms with van der Waals surface area (Å²) >= 11 is 12.0. The van der Waals surface area contributed by atoms with Crippen molar-refractivity contribution in [2.24, 2.45) is 0 Å². The molecule has 0 nitrogen and oxygen atoms in total. The Kier molecular flexibility index (Phi) is 3.22. The van der Waals surface area contributed by atoms with Gasteiger partial charge in [-0.3, -0.25) is 0 Å². The van der Waals surface area contributed by atoms with Gasteiger partial charge in [0.05, 0.1) is 5.39 Å². The molecule has 0 aromatic heterocycles. The maximum atomic E-state index is 6.46. The fraction of sp³-hybridized carbons (Fsp3) is 0.400. The second-order valence-electron chi connectivity index (χ2n) is 4.04. The molecule has 0 saturated heterocycles. The molecular weight excluding hydrogens is 219 g/mol. The minimum absolute atomic E-state index is 0.00869. The van der Waals surface area contributed by atoms with Crippen molar-refractivity contribution in [2.75, 3.05) is 0 Å². The zero-order chi connectivity index (χ0) is 10.1. The van der Waals surface area contributed by atoms with E-state index in [0.717, 1.165) is 5.30 Å². The van der Waals surface area contributed by atoms with Crippen LogP contribution in [0.15, 0.2) is 30.3 Å². The maximum Gasteiger partial charge on any atom is 0.0708 e. The van der Waals surface area contributed by atoms with Gasteiger partial charge >= 0.3 is 0 Å². The predicted octanol–water partition coefficient (Wildman–Crippen LogP) is 3.74. The molecule has 1 aromatic rings. The Morgan fingerprint density at radius 2 is 1.62 bits per heavy atom. The predicted molar refractivity (Wildman–Crippen MR) is 66.0 cm³/mol. The van der Waals surface area contributed by atoms with Crippen molar-refractivity contribution in [2.45, 2.75) is 25.9 Å². The third-order valence-electron chi connectivity index (χ3n) is 1.95. The lowest BCUT2D eigenvalue weighted by atomic mass is 10.3. The van der Waals surface area contributed by atoms with E-state index in [9.17, 15) is 0 Å². The number of rotatable bonds is 1. The lowest BCUT2D eigenvalue weighted by molar-refractivity contribution is 0.795. The lowest BCUT2D eigenvalue weighted by Gasteiger charge is -2.29. The molecule has 0 aliphatic rings. The van der Waals surface area contributed by atoms with Gasteiger partial charge < -0.3 is 0 Å². The Bertz CT molecular complexity index is 327. The van der Waals surface area contributed by atoms with Crippen LogP contribution in [0.5, 0.6) is 0 Å². The van der Waals surface area contributed by atoms with E-state index in [-0.39, 0.29) is 5.16 Å². The number of hydrogen-bond donors (Lipinski definition) is 0. The van der Waals surface area contributed by atoms with Crippen molar-refractivity contribution in [1.82, 2.24) is 0 Å². The topological polar surface area (TPSA) is 0 Å². The van der Waals surface area contributed by atoms with Crippen LogP contribution in [0, 0.1) is 0 Å². The number of hydrogen-bond acceptors (Lipinski definition) is 1. The molecule has 0 unspecified atom stereocenters. The summed E-state index contributed by atoms with van der Waals surface area (Å²) in [4.78, 5) is 0. The van der Waals surface area contributed by atoms with Crippen LogP contribution in [0.3, 0.4) is 0 Å². The molecule has 3 heteroatoms. The Labute approximate surface area is 90.1 Å². The summed E-state index contributed by atoms with van der Waals surface area (Å²) in [7, 11) is 0. The Balaban J connectivity index is 3.17. The monoisotopic (exact) mass is 232 g/mol. The van der Waals surface area contributed by atoms with E-state index in [4.69, 9.17) is 23.0 Å². The first-order chi connectivity index (χ1) is 5.86. The van der Waals surface area contributed by atoms with Crippen molar-refractivity contribution in [3.05, 3.63) is 30.3 Å². The van der Waals surface area contributed by atoms with E-state index in [1.165, 1.54) is 0 Å². The van der Waals surface area contributed by atoms with E-state index in [0.29, 0.717) is 0 Å². The molecule has 0 radical (unpaired) electrons. The summed E-state index contributed by atoms with van der Waals surface area (Å²) in [5, 5.41) is -0.822.